The van der Waals surface area contributed by atoms with Crippen LogP contribution in [0.15, 0.2) is 10.7 Å². The monoisotopic (exact) mass is 235 g/mol. The standard InChI is InChI=1S/C9H18ClN3O2/c1-5-9(12-3,13-4)6(8(14)15)7(10)11-2/h11-13H,5H2,1-4H3,(H,14,15). The summed E-state index contributed by atoms with van der Waals surface area (Å²) >= 11 is 5.85. The first-order valence-corrected chi connectivity index (χ1v) is 5.06. The van der Waals surface area contributed by atoms with Gasteiger partial charge in [-0.25, -0.2) is 4.79 Å². The van der Waals surface area contributed by atoms with Gasteiger partial charge in [0.2, 0.25) is 0 Å². The molecule has 0 saturated carbocycles. The van der Waals surface area contributed by atoms with Crippen LogP contribution in [0, 0.1) is 0 Å². The number of hydrogen-bond donors (Lipinski definition) is 4. The molecule has 0 bridgehead atoms. The summed E-state index contributed by atoms with van der Waals surface area (Å²) in [7, 11) is 4.95. The summed E-state index contributed by atoms with van der Waals surface area (Å²) < 4.78 is 0. The molecule has 0 radical (unpaired) electrons. The minimum absolute atomic E-state index is 0.0826. The van der Waals surface area contributed by atoms with Crippen molar-refractivity contribution >= 4 is 17.6 Å². The van der Waals surface area contributed by atoms with E-state index in [4.69, 9.17) is 16.7 Å². The summed E-state index contributed by atoms with van der Waals surface area (Å²) in [6.45, 7) is 1.87. The molecule has 0 amide bonds. The van der Waals surface area contributed by atoms with Crippen molar-refractivity contribution in [2.24, 2.45) is 0 Å². The van der Waals surface area contributed by atoms with Crippen LogP contribution in [0.25, 0.3) is 0 Å². The zero-order valence-electron chi connectivity index (χ0n) is 9.44. The Bertz CT molecular complexity index is 254. The number of carboxylic acids is 1. The summed E-state index contributed by atoms with van der Waals surface area (Å²) in [5.41, 5.74) is -0.745. The van der Waals surface area contributed by atoms with Crippen molar-refractivity contribution in [1.29, 1.82) is 0 Å². The van der Waals surface area contributed by atoms with Gasteiger partial charge in [0.25, 0.3) is 0 Å². The lowest BCUT2D eigenvalue weighted by atomic mass is 9.97. The molecule has 0 rings (SSSR count). The molecule has 88 valence electrons. The molecule has 6 heteroatoms. The third kappa shape index (κ3) is 2.84. The highest BCUT2D eigenvalue weighted by molar-refractivity contribution is 6.31. The molecular formula is C9H18ClN3O2. The average Bonchev–Trinajstić information content (AvgIpc) is 2.24. The Balaban J connectivity index is 5.49. The Morgan fingerprint density at radius 1 is 1.33 bits per heavy atom. The lowest BCUT2D eigenvalue weighted by Crippen LogP contribution is -2.57. The smallest absolute Gasteiger partial charge is 0.337 e. The summed E-state index contributed by atoms with van der Waals surface area (Å²) in [6, 6.07) is 0. The summed E-state index contributed by atoms with van der Waals surface area (Å²) in [6.07, 6.45) is 0.555. The number of carboxylic acid groups (broad SMARTS) is 1. The molecule has 0 unspecified atom stereocenters. The van der Waals surface area contributed by atoms with Gasteiger partial charge in [-0.1, -0.05) is 18.5 Å². The van der Waals surface area contributed by atoms with Crippen LogP contribution in [-0.4, -0.2) is 37.9 Å². The maximum Gasteiger partial charge on any atom is 0.337 e. The molecule has 0 aliphatic heterocycles. The third-order valence-electron chi connectivity index (χ3n) is 2.46. The maximum absolute atomic E-state index is 11.2. The normalized spacial score (nSPS) is 13.4. The van der Waals surface area contributed by atoms with Crippen LogP contribution in [-0.2, 0) is 4.79 Å². The van der Waals surface area contributed by atoms with Crippen LogP contribution < -0.4 is 16.0 Å². The molecule has 0 fully saturated rings. The lowest BCUT2D eigenvalue weighted by molar-refractivity contribution is -0.133. The van der Waals surface area contributed by atoms with Crippen molar-refractivity contribution in [2.45, 2.75) is 19.0 Å². The van der Waals surface area contributed by atoms with Crippen molar-refractivity contribution < 1.29 is 9.90 Å². The van der Waals surface area contributed by atoms with E-state index in [9.17, 15) is 4.79 Å². The SMILES string of the molecule is CCC(NC)(NC)C(C(=O)O)=C(Cl)NC. The van der Waals surface area contributed by atoms with E-state index in [-0.39, 0.29) is 10.7 Å². The van der Waals surface area contributed by atoms with Gasteiger partial charge in [0.15, 0.2) is 0 Å². The van der Waals surface area contributed by atoms with Gasteiger partial charge in [0.05, 0.1) is 0 Å². The Morgan fingerprint density at radius 3 is 2.00 bits per heavy atom. The fourth-order valence-electron chi connectivity index (χ4n) is 1.49. The second kappa shape index (κ2) is 5.95. The number of rotatable bonds is 6. The van der Waals surface area contributed by atoms with Crippen LogP contribution in [0.5, 0.6) is 0 Å². The van der Waals surface area contributed by atoms with Crippen LogP contribution >= 0.6 is 11.6 Å². The molecule has 5 nitrogen and oxygen atoms in total. The van der Waals surface area contributed by atoms with Crippen molar-refractivity contribution in [1.82, 2.24) is 16.0 Å². The fourth-order valence-corrected chi connectivity index (χ4v) is 1.74. The van der Waals surface area contributed by atoms with Gasteiger partial charge in [-0.15, -0.1) is 0 Å². The molecule has 0 aliphatic carbocycles. The van der Waals surface area contributed by atoms with E-state index < -0.39 is 11.6 Å². The van der Waals surface area contributed by atoms with Crippen LogP contribution in [0.1, 0.15) is 13.3 Å². The highest BCUT2D eigenvalue weighted by Gasteiger charge is 2.36. The highest BCUT2D eigenvalue weighted by Crippen LogP contribution is 2.22. The van der Waals surface area contributed by atoms with Gasteiger partial charge in [0, 0.05) is 7.05 Å². The Labute approximate surface area is 94.9 Å². The van der Waals surface area contributed by atoms with E-state index in [1.807, 2.05) is 6.92 Å². The number of halogens is 1. The molecule has 0 aliphatic rings. The minimum atomic E-state index is -1.06. The van der Waals surface area contributed by atoms with Crippen LogP contribution in [0.3, 0.4) is 0 Å². The third-order valence-corrected chi connectivity index (χ3v) is 2.84. The Kier molecular flexibility index (Phi) is 5.64. The zero-order valence-corrected chi connectivity index (χ0v) is 10.2. The fraction of sp³-hybridized carbons (Fsp3) is 0.667. The van der Waals surface area contributed by atoms with Crippen LogP contribution in [0.4, 0.5) is 0 Å². The molecule has 15 heavy (non-hydrogen) atoms. The predicted molar refractivity (Wildman–Crippen MR) is 60.7 cm³/mol. The van der Waals surface area contributed by atoms with E-state index in [2.05, 4.69) is 16.0 Å². The highest BCUT2D eigenvalue weighted by atomic mass is 35.5. The number of carbonyl (C=O) groups is 1. The molecule has 0 saturated heterocycles. The van der Waals surface area contributed by atoms with Gasteiger partial charge < -0.3 is 10.4 Å². The van der Waals surface area contributed by atoms with Crippen molar-refractivity contribution in [2.75, 3.05) is 21.1 Å². The second-order valence-electron chi connectivity index (χ2n) is 3.00. The molecule has 0 atom stereocenters. The van der Waals surface area contributed by atoms with E-state index in [1.165, 1.54) is 0 Å². The van der Waals surface area contributed by atoms with E-state index in [0.717, 1.165) is 0 Å². The molecule has 0 spiro atoms. The summed E-state index contributed by atoms with van der Waals surface area (Å²) in [4.78, 5) is 11.2. The average molecular weight is 236 g/mol. The first kappa shape index (κ1) is 14.2. The minimum Gasteiger partial charge on any atom is -0.478 e. The molecule has 0 aromatic carbocycles. The molecule has 0 heterocycles. The van der Waals surface area contributed by atoms with Crippen molar-refractivity contribution in [3.05, 3.63) is 10.7 Å². The number of nitrogens with one attached hydrogen (secondary N) is 3. The van der Waals surface area contributed by atoms with Gasteiger partial charge >= 0.3 is 5.97 Å². The Hall–Kier alpha value is -0.780. The number of aliphatic carboxylic acids is 1. The maximum atomic E-state index is 11.2. The van der Waals surface area contributed by atoms with Gasteiger partial charge in [0.1, 0.15) is 16.4 Å². The topological polar surface area (TPSA) is 73.4 Å². The van der Waals surface area contributed by atoms with E-state index in [1.54, 1.807) is 21.1 Å². The van der Waals surface area contributed by atoms with Crippen molar-refractivity contribution in [3.63, 3.8) is 0 Å². The zero-order chi connectivity index (χ0) is 12.1. The molecule has 0 aromatic rings. The van der Waals surface area contributed by atoms with Crippen molar-refractivity contribution in [3.8, 4) is 0 Å². The lowest BCUT2D eigenvalue weighted by Gasteiger charge is -2.33. The predicted octanol–water partition coefficient (Wildman–Crippen LogP) is 0.286. The first-order valence-electron chi connectivity index (χ1n) is 4.68. The van der Waals surface area contributed by atoms with E-state index in [0.29, 0.717) is 6.42 Å². The second-order valence-corrected chi connectivity index (χ2v) is 3.38. The largest absolute Gasteiger partial charge is 0.478 e. The quantitative estimate of drug-likeness (QED) is 0.303. The van der Waals surface area contributed by atoms with Gasteiger partial charge in [-0.3, -0.25) is 10.6 Å². The summed E-state index contributed by atoms with van der Waals surface area (Å²) in [5, 5.41) is 17.8. The molecule has 4 N–H and O–H groups in total. The number of hydrogen-bond acceptors (Lipinski definition) is 4. The van der Waals surface area contributed by atoms with Crippen LogP contribution in [0.2, 0.25) is 0 Å². The molecular weight excluding hydrogens is 218 g/mol. The van der Waals surface area contributed by atoms with E-state index >= 15 is 0 Å². The number of likely N-dealkylation sites (N-methyl/N-ethyl adjacent to an activating group) is 2. The first-order chi connectivity index (χ1) is 6.98. The molecule has 0 aromatic heterocycles. The summed E-state index contributed by atoms with van der Waals surface area (Å²) in [5.74, 6) is -1.06. The van der Waals surface area contributed by atoms with Gasteiger partial charge in [-0.2, -0.15) is 0 Å². The Morgan fingerprint density at radius 2 is 1.80 bits per heavy atom. The van der Waals surface area contributed by atoms with Gasteiger partial charge in [-0.05, 0) is 20.5 Å².